The summed E-state index contributed by atoms with van der Waals surface area (Å²) in [5.41, 5.74) is 3.66. The number of benzene rings is 1. The van der Waals surface area contributed by atoms with Gasteiger partial charge in [0.1, 0.15) is 10.4 Å². The first-order valence-corrected chi connectivity index (χ1v) is 15.0. The lowest BCUT2D eigenvalue weighted by atomic mass is 9.90. The lowest BCUT2D eigenvalue weighted by Gasteiger charge is -2.40. The molecule has 0 radical (unpaired) electrons. The molecule has 4 heterocycles. The SMILES string of the molecule is O=C(c1ccc(S(F)(F)(F)(F)F)cc1)N1CCC(c2c[nH]c3ncc(C4CCN(C5CC5)CC4)nc23)CC1. The van der Waals surface area contributed by atoms with Crippen molar-refractivity contribution < 1.29 is 24.2 Å². The molecule has 1 amide bonds. The molecule has 3 fully saturated rings. The average Bonchev–Trinajstić information content (AvgIpc) is 3.66. The van der Waals surface area contributed by atoms with Crippen molar-refractivity contribution in [2.24, 2.45) is 0 Å². The van der Waals surface area contributed by atoms with E-state index in [2.05, 4.69) is 14.9 Å². The van der Waals surface area contributed by atoms with Gasteiger partial charge in [0, 0.05) is 42.4 Å². The number of H-pyrrole nitrogens is 1. The van der Waals surface area contributed by atoms with E-state index < -0.39 is 21.0 Å². The van der Waals surface area contributed by atoms with Crippen LogP contribution in [0.3, 0.4) is 0 Å². The molecular weight excluding hydrogens is 525 g/mol. The zero-order valence-electron chi connectivity index (χ0n) is 20.8. The Morgan fingerprint density at radius 3 is 2.11 bits per heavy atom. The third-order valence-electron chi connectivity index (χ3n) is 8.21. The second-order valence-electron chi connectivity index (χ2n) is 10.8. The third kappa shape index (κ3) is 5.12. The summed E-state index contributed by atoms with van der Waals surface area (Å²) in [6, 6.07) is 3.02. The van der Waals surface area contributed by atoms with Crippen LogP contribution in [0.15, 0.2) is 41.6 Å². The van der Waals surface area contributed by atoms with Crippen molar-refractivity contribution in [3.05, 3.63) is 53.5 Å². The molecule has 1 aromatic carbocycles. The number of hydrogen-bond donors (Lipinski definition) is 1. The Bertz CT molecular complexity index is 1360. The number of fused-ring (bicyclic) bond motifs is 1. The number of aromatic amines is 1. The minimum Gasteiger partial charge on any atom is -0.345 e. The van der Waals surface area contributed by atoms with E-state index in [1.807, 2.05) is 12.4 Å². The van der Waals surface area contributed by atoms with Crippen LogP contribution in [0, 0.1) is 0 Å². The zero-order chi connectivity index (χ0) is 26.8. The van der Waals surface area contributed by atoms with Crippen LogP contribution < -0.4 is 0 Å². The van der Waals surface area contributed by atoms with Gasteiger partial charge in [0.25, 0.3) is 5.91 Å². The molecule has 0 unspecified atom stereocenters. The van der Waals surface area contributed by atoms with Gasteiger partial charge in [-0.3, -0.25) is 4.79 Å². The molecule has 3 aliphatic rings. The number of amides is 1. The predicted octanol–water partition coefficient (Wildman–Crippen LogP) is 6.98. The molecule has 2 aliphatic heterocycles. The number of rotatable bonds is 5. The van der Waals surface area contributed by atoms with Crippen LogP contribution in [0.25, 0.3) is 11.2 Å². The number of aromatic nitrogens is 3. The standard InChI is InChI=1S/C26H30F5N5OS/c27-38(28,29,30,31)21-5-1-19(2-6-21)26(37)36-13-7-17(8-14-36)22-15-32-25-24(22)34-23(16-33-25)18-9-11-35(12-10-18)20-3-4-20/h1-2,5-6,15-18,20H,3-4,7-14H2,(H,32,33). The van der Waals surface area contributed by atoms with Crippen LogP contribution in [-0.4, -0.2) is 62.9 Å². The van der Waals surface area contributed by atoms with Crippen LogP contribution in [0.5, 0.6) is 0 Å². The van der Waals surface area contributed by atoms with E-state index in [1.165, 1.54) is 12.8 Å². The molecule has 0 atom stereocenters. The molecular formula is C26H30F5N5OS. The molecule has 0 spiro atoms. The molecule has 6 rings (SSSR count). The highest BCUT2D eigenvalue weighted by atomic mass is 32.5. The zero-order valence-corrected chi connectivity index (χ0v) is 21.6. The molecule has 1 saturated carbocycles. The number of carbonyl (C=O) groups is 1. The van der Waals surface area contributed by atoms with Crippen molar-refractivity contribution in [3.8, 4) is 0 Å². The maximum absolute atomic E-state index is 13.0. The van der Waals surface area contributed by atoms with Crippen molar-refractivity contribution in [2.45, 2.75) is 61.3 Å². The van der Waals surface area contributed by atoms with Crippen molar-refractivity contribution in [3.63, 3.8) is 0 Å². The average molecular weight is 556 g/mol. The van der Waals surface area contributed by atoms with E-state index >= 15 is 0 Å². The summed E-state index contributed by atoms with van der Waals surface area (Å²) in [6.07, 6.45) is 9.94. The summed E-state index contributed by atoms with van der Waals surface area (Å²) in [5.74, 6) is 0.0925. The van der Waals surface area contributed by atoms with E-state index in [1.54, 1.807) is 4.90 Å². The molecule has 206 valence electrons. The Morgan fingerprint density at radius 1 is 0.868 bits per heavy atom. The highest BCUT2D eigenvalue weighted by Gasteiger charge is 2.65. The largest absolute Gasteiger partial charge is 0.345 e. The lowest BCUT2D eigenvalue weighted by Crippen LogP contribution is -2.37. The number of halogens is 5. The Kier molecular flexibility index (Phi) is 5.63. The summed E-state index contributed by atoms with van der Waals surface area (Å²) in [7, 11) is -9.77. The number of piperidine rings is 2. The van der Waals surface area contributed by atoms with Crippen molar-refractivity contribution in [1.82, 2.24) is 24.8 Å². The van der Waals surface area contributed by atoms with E-state index in [0.717, 1.165) is 66.5 Å². The highest BCUT2D eigenvalue weighted by molar-refractivity contribution is 8.45. The fourth-order valence-electron chi connectivity index (χ4n) is 5.86. The van der Waals surface area contributed by atoms with Gasteiger partial charge in [-0.2, -0.15) is 0 Å². The van der Waals surface area contributed by atoms with Gasteiger partial charge in [-0.05, 0) is 81.8 Å². The van der Waals surface area contributed by atoms with E-state index in [0.29, 0.717) is 44.0 Å². The van der Waals surface area contributed by atoms with Gasteiger partial charge in [-0.15, -0.1) is 0 Å². The second-order valence-corrected chi connectivity index (χ2v) is 13.2. The van der Waals surface area contributed by atoms with Gasteiger partial charge >= 0.3 is 10.2 Å². The summed E-state index contributed by atoms with van der Waals surface area (Å²) in [4.78, 5) is 27.9. The van der Waals surface area contributed by atoms with E-state index in [9.17, 15) is 24.2 Å². The van der Waals surface area contributed by atoms with Crippen LogP contribution >= 0.6 is 10.2 Å². The molecule has 6 nitrogen and oxygen atoms in total. The van der Waals surface area contributed by atoms with Gasteiger partial charge in [-0.1, -0.05) is 19.4 Å². The van der Waals surface area contributed by atoms with Crippen molar-refractivity contribution >= 4 is 27.3 Å². The molecule has 2 saturated heterocycles. The van der Waals surface area contributed by atoms with Crippen LogP contribution in [0.1, 0.15) is 72.0 Å². The molecule has 3 aromatic rings. The minimum atomic E-state index is -9.77. The quantitative estimate of drug-likeness (QED) is 0.345. The third-order valence-corrected chi connectivity index (χ3v) is 9.37. The maximum atomic E-state index is 13.0. The predicted molar refractivity (Wildman–Crippen MR) is 136 cm³/mol. The van der Waals surface area contributed by atoms with Gasteiger partial charge in [0.15, 0.2) is 5.65 Å². The molecule has 1 aliphatic carbocycles. The van der Waals surface area contributed by atoms with Crippen LogP contribution in [0.4, 0.5) is 19.4 Å². The second kappa shape index (κ2) is 8.38. The Morgan fingerprint density at radius 2 is 1.50 bits per heavy atom. The van der Waals surface area contributed by atoms with Gasteiger partial charge < -0.3 is 14.8 Å². The molecule has 1 N–H and O–H groups in total. The lowest BCUT2D eigenvalue weighted by molar-refractivity contribution is 0.0713. The Balaban J connectivity index is 1.11. The molecule has 12 heteroatoms. The van der Waals surface area contributed by atoms with Gasteiger partial charge in [-0.25, -0.2) is 9.97 Å². The fourth-order valence-corrected chi connectivity index (χ4v) is 6.51. The van der Waals surface area contributed by atoms with Gasteiger partial charge in [0.05, 0.1) is 11.9 Å². The summed E-state index contributed by atoms with van der Waals surface area (Å²) >= 11 is 0. The van der Waals surface area contributed by atoms with Gasteiger partial charge in [0.2, 0.25) is 0 Å². The molecule has 0 bridgehead atoms. The number of hydrogen-bond acceptors (Lipinski definition) is 4. The Labute approximate surface area is 217 Å². The monoisotopic (exact) mass is 555 g/mol. The number of carbonyl (C=O) groups excluding carboxylic acids is 1. The maximum Gasteiger partial charge on any atom is 0.310 e. The normalized spacial score (nSPS) is 22.4. The minimum absolute atomic E-state index is 0.0376. The molecule has 38 heavy (non-hydrogen) atoms. The number of likely N-dealkylation sites (tertiary alicyclic amines) is 2. The van der Waals surface area contributed by atoms with E-state index in [4.69, 9.17) is 4.98 Å². The van der Waals surface area contributed by atoms with Crippen LogP contribution in [0.2, 0.25) is 0 Å². The summed E-state index contributed by atoms with van der Waals surface area (Å²) in [5, 5.41) is 0. The smallest absolute Gasteiger partial charge is 0.310 e. The first-order chi connectivity index (χ1) is 17.9. The van der Waals surface area contributed by atoms with Crippen molar-refractivity contribution in [1.29, 1.82) is 0 Å². The fraction of sp³-hybridized carbons (Fsp3) is 0.500. The van der Waals surface area contributed by atoms with E-state index in [-0.39, 0.29) is 11.5 Å². The highest BCUT2D eigenvalue weighted by Crippen LogP contribution is 3.02. The number of nitrogens with zero attached hydrogens (tertiary/aromatic N) is 4. The summed E-state index contributed by atoms with van der Waals surface area (Å²) < 4.78 is 65.0. The molecule has 2 aromatic heterocycles. The number of nitrogens with one attached hydrogen (secondary N) is 1. The topological polar surface area (TPSA) is 65.1 Å². The Hall–Kier alpha value is -2.73. The first-order valence-electron chi connectivity index (χ1n) is 13.1. The van der Waals surface area contributed by atoms with Crippen LogP contribution in [-0.2, 0) is 0 Å². The van der Waals surface area contributed by atoms with Crippen molar-refractivity contribution in [2.75, 3.05) is 26.2 Å². The first kappa shape index (κ1) is 25.5. The summed E-state index contributed by atoms with van der Waals surface area (Å²) in [6.45, 7) is 3.02.